The molecule has 0 fully saturated rings. The van der Waals surface area contributed by atoms with Crippen LogP contribution in [-0.4, -0.2) is 19.0 Å². The fraction of sp³-hybridized carbons (Fsp3) is 0.0526. The van der Waals surface area contributed by atoms with Crippen molar-refractivity contribution in [3.63, 3.8) is 0 Å². The van der Waals surface area contributed by atoms with Crippen LogP contribution in [-0.2, 0) is 9.53 Å². The van der Waals surface area contributed by atoms with Crippen LogP contribution in [0.2, 0.25) is 5.02 Å². The summed E-state index contributed by atoms with van der Waals surface area (Å²) >= 11 is 5.84. The van der Waals surface area contributed by atoms with Gasteiger partial charge in [-0.3, -0.25) is 0 Å². The molecule has 0 aromatic heterocycles. The van der Waals surface area contributed by atoms with Crippen molar-refractivity contribution in [2.24, 2.45) is 4.99 Å². The molecule has 2 aromatic carbocycles. The largest absolute Gasteiger partial charge is 0.497 e. The SMILES string of the molecule is COc1cccc(C=C2N=C(C=Cc3ccc(Cl)cc3)OC2=O)c1. The highest BCUT2D eigenvalue weighted by molar-refractivity contribution is 6.30. The summed E-state index contributed by atoms with van der Waals surface area (Å²) < 4.78 is 10.3. The summed E-state index contributed by atoms with van der Waals surface area (Å²) in [6.07, 6.45) is 5.11. The second-order valence-electron chi connectivity index (χ2n) is 5.03. The molecule has 24 heavy (non-hydrogen) atoms. The number of nitrogens with zero attached hydrogens (tertiary/aromatic N) is 1. The van der Waals surface area contributed by atoms with Gasteiger partial charge in [0.2, 0.25) is 5.90 Å². The number of hydrogen-bond donors (Lipinski definition) is 0. The average Bonchev–Trinajstić information content (AvgIpc) is 2.94. The minimum absolute atomic E-state index is 0.249. The topological polar surface area (TPSA) is 47.9 Å². The molecule has 1 aliphatic heterocycles. The Balaban J connectivity index is 1.79. The van der Waals surface area contributed by atoms with E-state index in [0.717, 1.165) is 11.1 Å². The van der Waals surface area contributed by atoms with Crippen molar-refractivity contribution >= 4 is 35.6 Å². The molecule has 4 nitrogen and oxygen atoms in total. The van der Waals surface area contributed by atoms with E-state index in [-0.39, 0.29) is 11.6 Å². The first-order valence-electron chi connectivity index (χ1n) is 7.24. The molecule has 0 unspecified atom stereocenters. The number of halogens is 1. The van der Waals surface area contributed by atoms with E-state index in [4.69, 9.17) is 21.1 Å². The lowest BCUT2D eigenvalue weighted by Crippen LogP contribution is -2.01. The molecular formula is C19H14ClNO3. The van der Waals surface area contributed by atoms with Crippen LogP contribution >= 0.6 is 11.6 Å². The first-order valence-corrected chi connectivity index (χ1v) is 7.62. The van der Waals surface area contributed by atoms with E-state index in [0.29, 0.717) is 10.8 Å². The number of benzene rings is 2. The minimum atomic E-state index is -0.478. The van der Waals surface area contributed by atoms with Gasteiger partial charge in [0.05, 0.1) is 7.11 Å². The molecule has 3 rings (SSSR count). The molecule has 0 saturated heterocycles. The molecule has 0 spiro atoms. The van der Waals surface area contributed by atoms with Crippen molar-refractivity contribution in [3.8, 4) is 5.75 Å². The maximum atomic E-state index is 11.9. The van der Waals surface area contributed by atoms with Crippen LogP contribution in [0.25, 0.3) is 12.2 Å². The molecule has 0 aliphatic carbocycles. The first-order chi connectivity index (χ1) is 11.6. The summed E-state index contributed by atoms with van der Waals surface area (Å²) in [5.74, 6) is 0.486. The Kier molecular flexibility index (Phi) is 4.77. The van der Waals surface area contributed by atoms with Crippen molar-refractivity contribution in [3.05, 3.63) is 76.5 Å². The lowest BCUT2D eigenvalue weighted by Gasteiger charge is -2.00. The van der Waals surface area contributed by atoms with Crippen LogP contribution in [0.4, 0.5) is 0 Å². The van der Waals surface area contributed by atoms with Gasteiger partial charge in [-0.25, -0.2) is 9.79 Å². The van der Waals surface area contributed by atoms with E-state index >= 15 is 0 Å². The van der Waals surface area contributed by atoms with Crippen molar-refractivity contribution in [1.29, 1.82) is 0 Å². The van der Waals surface area contributed by atoms with Gasteiger partial charge in [0, 0.05) is 11.1 Å². The lowest BCUT2D eigenvalue weighted by molar-refractivity contribution is -0.129. The van der Waals surface area contributed by atoms with Crippen LogP contribution in [0.15, 0.2) is 65.3 Å². The number of hydrogen-bond acceptors (Lipinski definition) is 4. The molecular weight excluding hydrogens is 326 g/mol. The number of cyclic esters (lactones) is 1. The predicted molar refractivity (Wildman–Crippen MR) is 95.0 cm³/mol. The monoisotopic (exact) mass is 339 g/mol. The van der Waals surface area contributed by atoms with Crippen molar-refractivity contribution < 1.29 is 14.3 Å². The first kappa shape index (κ1) is 16.0. The highest BCUT2D eigenvalue weighted by Crippen LogP contribution is 2.20. The zero-order chi connectivity index (χ0) is 16.9. The second-order valence-corrected chi connectivity index (χ2v) is 5.47. The van der Waals surface area contributed by atoms with Crippen LogP contribution in [0.3, 0.4) is 0 Å². The van der Waals surface area contributed by atoms with Crippen molar-refractivity contribution in [1.82, 2.24) is 0 Å². The van der Waals surface area contributed by atoms with Gasteiger partial charge in [0.1, 0.15) is 5.75 Å². The number of carbonyl (C=O) groups excluding carboxylic acids is 1. The molecule has 2 aromatic rings. The summed E-state index contributed by atoms with van der Waals surface area (Å²) in [5.41, 5.74) is 2.00. The van der Waals surface area contributed by atoms with Crippen LogP contribution < -0.4 is 4.74 Å². The fourth-order valence-corrected chi connectivity index (χ4v) is 2.25. The highest BCUT2D eigenvalue weighted by atomic mass is 35.5. The molecule has 5 heteroatoms. The van der Waals surface area contributed by atoms with Crippen LogP contribution in [0.1, 0.15) is 11.1 Å². The molecule has 0 atom stereocenters. The van der Waals surface area contributed by atoms with Gasteiger partial charge in [0.15, 0.2) is 5.70 Å². The van der Waals surface area contributed by atoms with E-state index in [1.54, 1.807) is 37.5 Å². The molecule has 0 radical (unpaired) electrons. The smallest absolute Gasteiger partial charge is 0.363 e. The van der Waals surface area contributed by atoms with E-state index in [1.807, 2.05) is 36.4 Å². The standard InChI is InChI=1S/C19H14ClNO3/c1-23-16-4-2-3-14(11-16)12-17-19(22)24-18(21-17)10-7-13-5-8-15(20)9-6-13/h2-12H,1H3. The van der Waals surface area contributed by atoms with Gasteiger partial charge >= 0.3 is 5.97 Å². The summed E-state index contributed by atoms with van der Waals surface area (Å²) in [5, 5.41) is 0.667. The van der Waals surface area contributed by atoms with Gasteiger partial charge in [-0.1, -0.05) is 35.9 Å². The number of aliphatic imine (C=N–C) groups is 1. The number of methoxy groups -OCH3 is 1. The summed E-state index contributed by atoms with van der Waals surface area (Å²) in [6, 6.07) is 14.7. The van der Waals surface area contributed by atoms with E-state index < -0.39 is 5.97 Å². The van der Waals surface area contributed by atoms with E-state index in [9.17, 15) is 4.79 Å². The summed E-state index contributed by atoms with van der Waals surface area (Å²) in [7, 11) is 1.59. The number of esters is 1. The zero-order valence-electron chi connectivity index (χ0n) is 12.9. The number of carbonyl (C=O) groups is 1. The van der Waals surface area contributed by atoms with Crippen molar-refractivity contribution in [2.75, 3.05) is 7.11 Å². The quantitative estimate of drug-likeness (QED) is 0.614. The van der Waals surface area contributed by atoms with Gasteiger partial charge in [-0.15, -0.1) is 0 Å². The Hall–Kier alpha value is -2.85. The Bertz CT molecular complexity index is 851. The van der Waals surface area contributed by atoms with Crippen LogP contribution in [0, 0.1) is 0 Å². The normalized spacial score (nSPS) is 15.7. The third kappa shape index (κ3) is 3.91. The lowest BCUT2D eigenvalue weighted by atomic mass is 10.2. The Labute approximate surface area is 144 Å². The maximum Gasteiger partial charge on any atom is 0.363 e. The maximum absolute atomic E-state index is 11.9. The van der Waals surface area contributed by atoms with Gasteiger partial charge < -0.3 is 9.47 Å². The Morgan fingerprint density at radius 1 is 1.08 bits per heavy atom. The summed E-state index contributed by atoms with van der Waals surface area (Å²) in [6.45, 7) is 0. The van der Waals surface area contributed by atoms with Gasteiger partial charge in [0.25, 0.3) is 0 Å². The molecule has 120 valence electrons. The van der Waals surface area contributed by atoms with Gasteiger partial charge in [-0.05, 0) is 47.5 Å². The molecule has 0 N–H and O–H groups in total. The number of ether oxygens (including phenoxy) is 2. The van der Waals surface area contributed by atoms with E-state index in [1.165, 1.54) is 0 Å². The average molecular weight is 340 g/mol. The molecule has 0 bridgehead atoms. The fourth-order valence-electron chi connectivity index (χ4n) is 2.13. The van der Waals surface area contributed by atoms with Crippen molar-refractivity contribution in [2.45, 2.75) is 0 Å². The second kappa shape index (κ2) is 7.15. The molecule has 1 aliphatic rings. The highest BCUT2D eigenvalue weighted by Gasteiger charge is 2.21. The zero-order valence-corrected chi connectivity index (χ0v) is 13.7. The molecule has 0 amide bonds. The molecule has 0 saturated carbocycles. The van der Waals surface area contributed by atoms with Crippen LogP contribution in [0.5, 0.6) is 5.75 Å². The Morgan fingerprint density at radius 2 is 1.88 bits per heavy atom. The van der Waals surface area contributed by atoms with E-state index in [2.05, 4.69) is 4.99 Å². The third-order valence-electron chi connectivity index (χ3n) is 3.32. The van der Waals surface area contributed by atoms with Gasteiger partial charge in [-0.2, -0.15) is 0 Å². The third-order valence-corrected chi connectivity index (χ3v) is 3.57. The predicted octanol–water partition coefficient (Wildman–Crippen LogP) is 4.36. The Morgan fingerprint density at radius 3 is 2.62 bits per heavy atom. The summed E-state index contributed by atoms with van der Waals surface area (Å²) in [4.78, 5) is 16.1. The molecule has 1 heterocycles. The minimum Gasteiger partial charge on any atom is -0.497 e. The number of rotatable bonds is 4.